The molecule has 0 aromatic heterocycles. The molecular formula is C13H17N3O5. The van der Waals surface area contributed by atoms with Crippen LogP contribution in [0.5, 0.6) is 0 Å². The average molecular weight is 295 g/mol. The van der Waals surface area contributed by atoms with Gasteiger partial charge in [-0.05, 0) is 25.3 Å². The Morgan fingerprint density at radius 3 is 2.52 bits per heavy atom. The zero-order valence-electron chi connectivity index (χ0n) is 11.4. The van der Waals surface area contributed by atoms with E-state index in [-0.39, 0.29) is 18.0 Å². The average Bonchev–Trinajstić information content (AvgIpc) is 2.47. The van der Waals surface area contributed by atoms with E-state index in [1.54, 1.807) is 0 Å². The lowest BCUT2D eigenvalue weighted by atomic mass is 10.2. The molecule has 0 heterocycles. The molecule has 0 aliphatic rings. The van der Waals surface area contributed by atoms with Crippen LogP contribution in [0.1, 0.15) is 19.3 Å². The molecule has 21 heavy (non-hydrogen) atoms. The van der Waals surface area contributed by atoms with Gasteiger partial charge in [0.2, 0.25) is 0 Å². The van der Waals surface area contributed by atoms with Crippen LogP contribution in [0.25, 0.3) is 0 Å². The number of hydrogen-bond acceptors (Lipinski definition) is 5. The first kappa shape index (κ1) is 16.6. The molecule has 8 heteroatoms. The number of rotatable bonds is 7. The Kier molecular flexibility index (Phi) is 6.82. The summed E-state index contributed by atoms with van der Waals surface area (Å²) in [6, 6.07) is 5.58. The van der Waals surface area contributed by atoms with Crippen molar-refractivity contribution in [1.82, 2.24) is 5.32 Å². The minimum Gasteiger partial charge on any atom is -0.396 e. The summed E-state index contributed by atoms with van der Waals surface area (Å²) in [5, 5.41) is 24.0. The van der Waals surface area contributed by atoms with Gasteiger partial charge in [-0.1, -0.05) is 12.1 Å². The predicted octanol–water partition coefficient (Wildman–Crippen LogP) is 0.812. The van der Waals surface area contributed by atoms with Crippen LogP contribution in [-0.2, 0) is 9.59 Å². The van der Waals surface area contributed by atoms with Gasteiger partial charge in [-0.15, -0.1) is 0 Å². The number of carbonyl (C=O) groups is 2. The van der Waals surface area contributed by atoms with Crippen molar-refractivity contribution >= 4 is 23.2 Å². The minimum absolute atomic E-state index is 0.0251. The van der Waals surface area contributed by atoms with Gasteiger partial charge in [0.05, 0.1) is 4.92 Å². The van der Waals surface area contributed by atoms with E-state index in [2.05, 4.69) is 10.6 Å². The van der Waals surface area contributed by atoms with Crippen molar-refractivity contribution in [2.24, 2.45) is 0 Å². The van der Waals surface area contributed by atoms with E-state index in [4.69, 9.17) is 5.11 Å². The van der Waals surface area contributed by atoms with Crippen LogP contribution < -0.4 is 10.6 Å². The largest absolute Gasteiger partial charge is 0.396 e. The second kappa shape index (κ2) is 8.64. The third kappa shape index (κ3) is 5.57. The Bertz CT molecular complexity index is 518. The third-order valence-corrected chi connectivity index (χ3v) is 2.68. The Morgan fingerprint density at radius 2 is 1.86 bits per heavy atom. The SMILES string of the molecule is O=C(NCCCCCO)C(=O)Nc1ccccc1[N+](=O)[O-]. The fraction of sp³-hybridized carbons (Fsp3) is 0.385. The zero-order valence-corrected chi connectivity index (χ0v) is 11.4. The van der Waals surface area contributed by atoms with Gasteiger partial charge in [0.1, 0.15) is 5.69 Å². The Labute approximate surface area is 121 Å². The van der Waals surface area contributed by atoms with Crippen molar-refractivity contribution in [2.75, 3.05) is 18.5 Å². The Morgan fingerprint density at radius 1 is 1.14 bits per heavy atom. The normalized spacial score (nSPS) is 9.95. The van der Waals surface area contributed by atoms with Crippen LogP contribution in [0.4, 0.5) is 11.4 Å². The summed E-state index contributed by atoms with van der Waals surface area (Å²) >= 11 is 0. The van der Waals surface area contributed by atoms with E-state index in [0.717, 1.165) is 6.42 Å². The summed E-state index contributed by atoms with van der Waals surface area (Å²) in [4.78, 5) is 33.3. The lowest BCUT2D eigenvalue weighted by Crippen LogP contribution is -2.36. The maximum Gasteiger partial charge on any atom is 0.313 e. The van der Waals surface area contributed by atoms with E-state index in [0.29, 0.717) is 19.4 Å². The quantitative estimate of drug-likeness (QED) is 0.297. The number of unbranched alkanes of at least 4 members (excludes halogenated alkanes) is 2. The van der Waals surface area contributed by atoms with Crippen LogP contribution in [0.2, 0.25) is 0 Å². The molecule has 0 aliphatic carbocycles. The molecular weight excluding hydrogens is 278 g/mol. The lowest BCUT2D eigenvalue weighted by molar-refractivity contribution is -0.383. The number of hydrogen-bond donors (Lipinski definition) is 3. The fourth-order valence-corrected chi connectivity index (χ4v) is 1.61. The highest BCUT2D eigenvalue weighted by molar-refractivity contribution is 6.39. The van der Waals surface area contributed by atoms with Crippen LogP contribution in [0.15, 0.2) is 24.3 Å². The number of anilines is 1. The third-order valence-electron chi connectivity index (χ3n) is 2.68. The molecule has 0 atom stereocenters. The highest BCUT2D eigenvalue weighted by Crippen LogP contribution is 2.22. The minimum atomic E-state index is -0.952. The van der Waals surface area contributed by atoms with E-state index >= 15 is 0 Å². The number of amides is 2. The molecule has 0 unspecified atom stereocenters. The summed E-state index contributed by atoms with van der Waals surface area (Å²) in [7, 11) is 0. The summed E-state index contributed by atoms with van der Waals surface area (Å²) in [6.45, 7) is 0.398. The number of nitrogens with zero attached hydrogens (tertiary/aromatic N) is 1. The first-order valence-electron chi connectivity index (χ1n) is 6.49. The first-order chi connectivity index (χ1) is 10.1. The summed E-state index contributed by atoms with van der Waals surface area (Å²) in [5.41, 5.74) is -0.301. The topological polar surface area (TPSA) is 122 Å². The van der Waals surface area contributed by atoms with Gasteiger partial charge in [0, 0.05) is 19.2 Å². The van der Waals surface area contributed by atoms with Crippen LogP contribution in [0, 0.1) is 10.1 Å². The number of benzene rings is 1. The van der Waals surface area contributed by atoms with Crippen LogP contribution >= 0.6 is 0 Å². The van der Waals surface area contributed by atoms with Crippen molar-refractivity contribution < 1.29 is 19.6 Å². The summed E-state index contributed by atoms with van der Waals surface area (Å²) in [5.74, 6) is -1.80. The van der Waals surface area contributed by atoms with Gasteiger partial charge < -0.3 is 15.7 Å². The summed E-state index contributed by atoms with van der Waals surface area (Å²) in [6.07, 6.45) is 2.02. The predicted molar refractivity (Wildman–Crippen MR) is 75.7 cm³/mol. The van der Waals surface area contributed by atoms with Crippen molar-refractivity contribution in [3.63, 3.8) is 0 Å². The van der Waals surface area contributed by atoms with Crippen molar-refractivity contribution in [1.29, 1.82) is 0 Å². The highest BCUT2D eigenvalue weighted by Gasteiger charge is 2.18. The molecule has 3 N–H and O–H groups in total. The van der Waals surface area contributed by atoms with Crippen molar-refractivity contribution in [3.8, 4) is 0 Å². The fourth-order valence-electron chi connectivity index (χ4n) is 1.61. The molecule has 0 saturated heterocycles. The van der Waals surface area contributed by atoms with Crippen molar-refractivity contribution in [3.05, 3.63) is 34.4 Å². The van der Waals surface area contributed by atoms with E-state index < -0.39 is 16.7 Å². The first-order valence-corrected chi connectivity index (χ1v) is 6.49. The van der Waals surface area contributed by atoms with E-state index in [1.165, 1.54) is 24.3 Å². The molecule has 1 rings (SSSR count). The van der Waals surface area contributed by atoms with Gasteiger partial charge in [-0.2, -0.15) is 0 Å². The molecule has 0 saturated carbocycles. The molecule has 114 valence electrons. The van der Waals surface area contributed by atoms with Crippen LogP contribution in [-0.4, -0.2) is 35.0 Å². The number of carbonyl (C=O) groups excluding carboxylic acids is 2. The van der Waals surface area contributed by atoms with Gasteiger partial charge in [-0.3, -0.25) is 19.7 Å². The molecule has 0 fully saturated rings. The number of nitro groups is 1. The Hall–Kier alpha value is -2.48. The number of aliphatic hydroxyl groups excluding tert-OH is 1. The molecule has 0 aliphatic heterocycles. The molecule has 1 aromatic carbocycles. The molecule has 2 amide bonds. The molecule has 0 bridgehead atoms. The second-order valence-electron chi connectivity index (χ2n) is 4.27. The van der Waals surface area contributed by atoms with Gasteiger partial charge in [0.15, 0.2) is 0 Å². The highest BCUT2D eigenvalue weighted by atomic mass is 16.6. The zero-order chi connectivity index (χ0) is 15.7. The number of para-hydroxylation sites is 2. The standard InChI is InChI=1S/C13H17N3O5/c17-9-5-1-4-8-14-12(18)13(19)15-10-6-2-3-7-11(10)16(20)21/h2-3,6-7,17H,1,4-5,8-9H2,(H,14,18)(H,15,19). The molecule has 0 spiro atoms. The number of aliphatic hydroxyl groups is 1. The number of nitro benzene ring substituents is 1. The van der Waals surface area contributed by atoms with Gasteiger partial charge >= 0.3 is 11.8 Å². The van der Waals surface area contributed by atoms with Gasteiger partial charge in [0.25, 0.3) is 5.69 Å². The molecule has 1 aromatic rings. The van der Waals surface area contributed by atoms with E-state index in [9.17, 15) is 19.7 Å². The maximum absolute atomic E-state index is 11.6. The smallest absolute Gasteiger partial charge is 0.313 e. The molecule has 8 nitrogen and oxygen atoms in total. The Balaban J connectivity index is 2.49. The molecule has 0 radical (unpaired) electrons. The second-order valence-corrected chi connectivity index (χ2v) is 4.27. The monoisotopic (exact) mass is 295 g/mol. The number of nitrogens with one attached hydrogen (secondary N) is 2. The van der Waals surface area contributed by atoms with E-state index in [1.807, 2.05) is 0 Å². The van der Waals surface area contributed by atoms with Crippen LogP contribution in [0.3, 0.4) is 0 Å². The van der Waals surface area contributed by atoms with Crippen molar-refractivity contribution in [2.45, 2.75) is 19.3 Å². The maximum atomic E-state index is 11.6. The summed E-state index contributed by atoms with van der Waals surface area (Å²) < 4.78 is 0. The lowest BCUT2D eigenvalue weighted by Gasteiger charge is -2.06. The van der Waals surface area contributed by atoms with Gasteiger partial charge in [-0.25, -0.2) is 0 Å².